The second-order valence-electron chi connectivity index (χ2n) is 6.56. The second kappa shape index (κ2) is 6.02. The molecular weight excluding hydrogens is 234 g/mol. The molecule has 0 aliphatic heterocycles. The van der Waals surface area contributed by atoms with Gasteiger partial charge in [0, 0.05) is 30.9 Å². The average molecular weight is 261 g/mol. The van der Waals surface area contributed by atoms with Crippen molar-refractivity contribution in [3.63, 3.8) is 0 Å². The molecule has 1 fully saturated rings. The molecule has 1 N–H and O–H groups in total. The molecule has 1 saturated carbocycles. The first-order valence-corrected chi connectivity index (χ1v) is 7.41. The molecule has 0 bridgehead atoms. The molecule has 0 atom stereocenters. The van der Waals surface area contributed by atoms with Crippen LogP contribution < -0.4 is 5.32 Å². The van der Waals surface area contributed by atoms with Gasteiger partial charge in [-0.2, -0.15) is 0 Å². The Morgan fingerprint density at radius 1 is 1.32 bits per heavy atom. The highest BCUT2D eigenvalue weighted by Gasteiger charge is 2.27. The third-order valence-corrected chi connectivity index (χ3v) is 3.54. The first kappa shape index (κ1) is 14.5. The fourth-order valence-corrected chi connectivity index (χ4v) is 2.17. The van der Waals surface area contributed by atoms with E-state index in [0.29, 0.717) is 0 Å². The Morgan fingerprint density at radius 2 is 2.05 bits per heavy atom. The fourth-order valence-electron chi connectivity index (χ4n) is 2.17. The van der Waals surface area contributed by atoms with E-state index in [4.69, 9.17) is 0 Å². The molecule has 0 spiro atoms. The van der Waals surface area contributed by atoms with Crippen LogP contribution in [0, 0.1) is 0 Å². The summed E-state index contributed by atoms with van der Waals surface area (Å²) in [5.41, 5.74) is 2.60. The van der Waals surface area contributed by atoms with Gasteiger partial charge in [0.2, 0.25) is 0 Å². The number of hydrogen-bond acceptors (Lipinski definition) is 3. The van der Waals surface area contributed by atoms with Crippen LogP contribution in [-0.4, -0.2) is 28.0 Å². The number of hydrogen-bond donors (Lipinski definition) is 1. The Morgan fingerprint density at radius 3 is 2.53 bits per heavy atom. The molecular formula is C16H27N3. The van der Waals surface area contributed by atoms with Gasteiger partial charge in [-0.15, -0.1) is 0 Å². The Hall–Kier alpha value is -0.930. The second-order valence-corrected chi connectivity index (χ2v) is 6.56. The SMILES string of the molecule is CCN(Cc1ccc(CNC(C)(C)C)cn1)C1CC1. The van der Waals surface area contributed by atoms with E-state index in [0.717, 1.165) is 25.7 Å². The van der Waals surface area contributed by atoms with E-state index < -0.39 is 0 Å². The van der Waals surface area contributed by atoms with E-state index in [1.54, 1.807) is 0 Å². The number of nitrogens with zero attached hydrogens (tertiary/aromatic N) is 2. The topological polar surface area (TPSA) is 28.2 Å². The van der Waals surface area contributed by atoms with Gasteiger partial charge >= 0.3 is 0 Å². The Kier molecular flexibility index (Phi) is 4.58. The molecule has 1 aromatic rings. The van der Waals surface area contributed by atoms with E-state index in [-0.39, 0.29) is 5.54 Å². The normalized spacial score (nSPS) is 16.1. The maximum Gasteiger partial charge on any atom is 0.0544 e. The van der Waals surface area contributed by atoms with Gasteiger partial charge in [-0.05, 0) is 51.8 Å². The van der Waals surface area contributed by atoms with Crippen molar-refractivity contribution in [1.29, 1.82) is 0 Å². The van der Waals surface area contributed by atoms with Crippen LogP contribution in [0.15, 0.2) is 18.3 Å². The highest BCUT2D eigenvalue weighted by atomic mass is 15.2. The van der Waals surface area contributed by atoms with Crippen molar-refractivity contribution in [1.82, 2.24) is 15.2 Å². The summed E-state index contributed by atoms with van der Waals surface area (Å²) in [5, 5.41) is 3.49. The van der Waals surface area contributed by atoms with E-state index in [2.05, 4.69) is 55.0 Å². The maximum absolute atomic E-state index is 4.60. The van der Waals surface area contributed by atoms with Crippen molar-refractivity contribution in [3.05, 3.63) is 29.6 Å². The lowest BCUT2D eigenvalue weighted by atomic mass is 10.1. The Balaban J connectivity index is 1.87. The molecule has 1 heterocycles. The molecule has 19 heavy (non-hydrogen) atoms. The summed E-state index contributed by atoms with van der Waals surface area (Å²) < 4.78 is 0. The maximum atomic E-state index is 4.60. The molecule has 0 amide bonds. The molecule has 3 nitrogen and oxygen atoms in total. The predicted octanol–water partition coefficient (Wildman–Crippen LogP) is 2.95. The summed E-state index contributed by atoms with van der Waals surface area (Å²) in [5.74, 6) is 0. The van der Waals surface area contributed by atoms with Gasteiger partial charge in [0.15, 0.2) is 0 Å². The molecule has 1 aliphatic carbocycles. The van der Waals surface area contributed by atoms with E-state index >= 15 is 0 Å². The van der Waals surface area contributed by atoms with Crippen LogP contribution in [0.25, 0.3) is 0 Å². The van der Waals surface area contributed by atoms with Crippen LogP contribution in [0.5, 0.6) is 0 Å². The van der Waals surface area contributed by atoms with E-state index in [9.17, 15) is 0 Å². The Labute approximate surface area is 117 Å². The van der Waals surface area contributed by atoms with Crippen LogP contribution >= 0.6 is 0 Å². The largest absolute Gasteiger partial charge is 0.308 e. The van der Waals surface area contributed by atoms with Gasteiger partial charge in [0.25, 0.3) is 0 Å². The minimum atomic E-state index is 0.156. The average Bonchev–Trinajstić information content (AvgIpc) is 3.18. The third-order valence-electron chi connectivity index (χ3n) is 3.54. The minimum absolute atomic E-state index is 0.156. The smallest absolute Gasteiger partial charge is 0.0544 e. The van der Waals surface area contributed by atoms with Gasteiger partial charge < -0.3 is 5.32 Å². The van der Waals surface area contributed by atoms with Crippen molar-refractivity contribution < 1.29 is 0 Å². The number of nitrogens with one attached hydrogen (secondary N) is 1. The van der Waals surface area contributed by atoms with Gasteiger partial charge in [-0.1, -0.05) is 13.0 Å². The number of pyridine rings is 1. The lowest BCUT2D eigenvalue weighted by molar-refractivity contribution is 0.266. The summed E-state index contributed by atoms with van der Waals surface area (Å²) >= 11 is 0. The minimum Gasteiger partial charge on any atom is -0.308 e. The standard InChI is InChI=1S/C16H27N3/c1-5-19(15-8-9-15)12-14-7-6-13(10-17-14)11-18-16(2,3)4/h6-7,10,15,18H,5,8-9,11-12H2,1-4H3. The van der Waals surface area contributed by atoms with E-state index in [1.165, 1.54) is 24.1 Å². The first-order valence-electron chi connectivity index (χ1n) is 7.41. The van der Waals surface area contributed by atoms with Crippen LogP contribution in [0.2, 0.25) is 0 Å². The highest BCUT2D eigenvalue weighted by molar-refractivity contribution is 5.14. The molecule has 0 saturated heterocycles. The molecule has 0 radical (unpaired) electrons. The molecule has 106 valence electrons. The van der Waals surface area contributed by atoms with Crippen LogP contribution in [0.1, 0.15) is 51.8 Å². The monoisotopic (exact) mass is 261 g/mol. The van der Waals surface area contributed by atoms with Crippen molar-refractivity contribution in [2.75, 3.05) is 6.54 Å². The summed E-state index contributed by atoms with van der Waals surface area (Å²) in [6.45, 7) is 11.8. The first-order chi connectivity index (χ1) is 8.98. The zero-order valence-electron chi connectivity index (χ0n) is 12.7. The van der Waals surface area contributed by atoms with Crippen molar-refractivity contribution in [2.24, 2.45) is 0 Å². The fraction of sp³-hybridized carbons (Fsp3) is 0.688. The summed E-state index contributed by atoms with van der Waals surface area (Å²) in [4.78, 5) is 7.12. The summed E-state index contributed by atoms with van der Waals surface area (Å²) in [6.07, 6.45) is 4.73. The molecule has 2 rings (SSSR count). The Bertz CT molecular complexity index is 387. The van der Waals surface area contributed by atoms with Crippen molar-refractivity contribution in [3.8, 4) is 0 Å². The van der Waals surface area contributed by atoms with Gasteiger partial charge in [-0.3, -0.25) is 9.88 Å². The molecule has 0 unspecified atom stereocenters. The molecule has 3 heteroatoms. The summed E-state index contributed by atoms with van der Waals surface area (Å²) in [7, 11) is 0. The molecule has 1 aliphatic rings. The lowest BCUT2D eigenvalue weighted by Gasteiger charge is -2.21. The van der Waals surface area contributed by atoms with E-state index in [1.807, 2.05) is 6.20 Å². The summed E-state index contributed by atoms with van der Waals surface area (Å²) in [6, 6.07) is 5.18. The molecule has 1 aromatic heterocycles. The van der Waals surface area contributed by atoms with Gasteiger partial charge in [0.05, 0.1) is 5.69 Å². The zero-order valence-corrected chi connectivity index (χ0v) is 12.7. The quantitative estimate of drug-likeness (QED) is 0.853. The lowest BCUT2D eigenvalue weighted by Crippen LogP contribution is -2.35. The van der Waals surface area contributed by atoms with Crippen molar-refractivity contribution in [2.45, 2.75) is 65.2 Å². The molecule has 0 aromatic carbocycles. The third kappa shape index (κ3) is 4.92. The predicted molar refractivity (Wildman–Crippen MR) is 79.9 cm³/mol. The van der Waals surface area contributed by atoms with Crippen LogP contribution in [0.4, 0.5) is 0 Å². The highest BCUT2D eigenvalue weighted by Crippen LogP contribution is 2.27. The van der Waals surface area contributed by atoms with Gasteiger partial charge in [0.1, 0.15) is 0 Å². The van der Waals surface area contributed by atoms with Crippen LogP contribution in [0.3, 0.4) is 0 Å². The van der Waals surface area contributed by atoms with Crippen LogP contribution in [-0.2, 0) is 13.1 Å². The zero-order chi connectivity index (χ0) is 13.9. The van der Waals surface area contributed by atoms with Crippen molar-refractivity contribution >= 4 is 0 Å². The number of rotatable bonds is 6. The number of aromatic nitrogens is 1. The van der Waals surface area contributed by atoms with Gasteiger partial charge in [-0.25, -0.2) is 0 Å².